The normalized spacial score (nSPS) is 10.7. The second-order valence-electron chi connectivity index (χ2n) is 8.02. The standard InChI is InChI=1S/C31H26O6/c1-34-28-19-25(20-29(35-2)30(28)36-3)31(33)37-26-11-7-8-21(18-26)12-17-27(32)24-15-13-23(14-16-24)22-9-5-4-6-10-22/h4-20H,1-3H3. The number of rotatable bonds is 9. The lowest BCUT2D eigenvalue weighted by Crippen LogP contribution is -2.09. The molecular weight excluding hydrogens is 468 g/mol. The Bertz CT molecular complexity index is 1400. The summed E-state index contributed by atoms with van der Waals surface area (Å²) in [5, 5.41) is 0. The summed E-state index contributed by atoms with van der Waals surface area (Å²) in [6, 6.07) is 27.4. The number of carbonyl (C=O) groups is 2. The first-order valence-corrected chi connectivity index (χ1v) is 11.5. The van der Waals surface area contributed by atoms with Gasteiger partial charge in [-0.3, -0.25) is 4.79 Å². The second-order valence-corrected chi connectivity index (χ2v) is 8.02. The lowest BCUT2D eigenvalue weighted by molar-refractivity contribution is 0.0733. The highest BCUT2D eigenvalue weighted by molar-refractivity contribution is 6.07. The molecule has 0 saturated heterocycles. The summed E-state index contributed by atoms with van der Waals surface area (Å²) in [7, 11) is 4.43. The molecule has 0 fully saturated rings. The van der Waals surface area contributed by atoms with Crippen LogP contribution in [0.25, 0.3) is 17.2 Å². The molecule has 0 aliphatic carbocycles. The molecule has 0 spiro atoms. The zero-order chi connectivity index (χ0) is 26.2. The lowest BCUT2D eigenvalue weighted by Gasteiger charge is -2.13. The first kappa shape index (κ1) is 25.3. The minimum Gasteiger partial charge on any atom is -0.493 e. The molecule has 0 amide bonds. The van der Waals surface area contributed by atoms with Crippen molar-refractivity contribution in [1.82, 2.24) is 0 Å². The number of benzene rings is 4. The number of hydrogen-bond donors (Lipinski definition) is 0. The molecule has 6 heteroatoms. The van der Waals surface area contributed by atoms with E-state index in [1.54, 1.807) is 24.3 Å². The molecule has 0 aromatic heterocycles. The fraction of sp³-hybridized carbons (Fsp3) is 0.0968. The van der Waals surface area contributed by atoms with Crippen LogP contribution < -0.4 is 18.9 Å². The van der Waals surface area contributed by atoms with Gasteiger partial charge in [0.25, 0.3) is 0 Å². The van der Waals surface area contributed by atoms with Crippen LogP contribution in [0.2, 0.25) is 0 Å². The lowest BCUT2D eigenvalue weighted by atomic mass is 10.0. The minimum atomic E-state index is -0.588. The van der Waals surface area contributed by atoms with Gasteiger partial charge in [0.15, 0.2) is 17.3 Å². The summed E-state index contributed by atoms with van der Waals surface area (Å²) in [6.45, 7) is 0. The zero-order valence-corrected chi connectivity index (χ0v) is 20.8. The van der Waals surface area contributed by atoms with E-state index in [1.165, 1.54) is 39.5 Å². The third-order valence-corrected chi connectivity index (χ3v) is 5.67. The van der Waals surface area contributed by atoms with Gasteiger partial charge in [0.2, 0.25) is 5.75 Å². The van der Waals surface area contributed by atoms with Crippen LogP contribution >= 0.6 is 0 Å². The van der Waals surface area contributed by atoms with Crippen LogP contribution in [0.5, 0.6) is 23.0 Å². The molecule has 186 valence electrons. The molecule has 0 atom stereocenters. The van der Waals surface area contributed by atoms with E-state index in [0.29, 0.717) is 34.1 Å². The summed E-state index contributed by atoms with van der Waals surface area (Å²) in [5.74, 6) is 0.699. The Morgan fingerprint density at radius 2 is 1.30 bits per heavy atom. The van der Waals surface area contributed by atoms with Crippen molar-refractivity contribution in [3.05, 3.63) is 114 Å². The van der Waals surface area contributed by atoms with Crippen LogP contribution in [0.1, 0.15) is 26.3 Å². The van der Waals surface area contributed by atoms with Crippen LogP contribution in [0, 0.1) is 0 Å². The Morgan fingerprint density at radius 1 is 0.649 bits per heavy atom. The SMILES string of the molecule is COc1cc(C(=O)Oc2cccc(C=CC(=O)c3ccc(-c4ccccc4)cc3)c2)cc(OC)c1OC. The Balaban J connectivity index is 1.46. The van der Waals surface area contributed by atoms with Crippen LogP contribution in [0.15, 0.2) is 97.1 Å². The third kappa shape index (κ3) is 6.05. The zero-order valence-electron chi connectivity index (χ0n) is 20.8. The molecule has 0 saturated carbocycles. The number of allylic oxidation sites excluding steroid dienone is 1. The van der Waals surface area contributed by atoms with Crippen LogP contribution in [0.4, 0.5) is 0 Å². The summed E-state index contributed by atoms with van der Waals surface area (Å²) < 4.78 is 21.5. The van der Waals surface area contributed by atoms with Crippen molar-refractivity contribution < 1.29 is 28.5 Å². The van der Waals surface area contributed by atoms with Crippen LogP contribution in [-0.2, 0) is 0 Å². The topological polar surface area (TPSA) is 71.1 Å². The molecule has 0 N–H and O–H groups in total. The van der Waals surface area contributed by atoms with Crippen molar-refractivity contribution in [3.63, 3.8) is 0 Å². The van der Waals surface area contributed by atoms with Gasteiger partial charge in [-0.15, -0.1) is 0 Å². The van der Waals surface area contributed by atoms with Gasteiger partial charge in [-0.25, -0.2) is 4.79 Å². The molecule has 6 nitrogen and oxygen atoms in total. The number of hydrogen-bond acceptors (Lipinski definition) is 6. The van der Waals surface area contributed by atoms with Crippen molar-refractivity contribution in [2.45, 2.75) is 0 Å². The van der Waals surface area contributed by atoms with Gasteiger partial charge in [0.05, 0.1) is 26.9 Å². The monoisotopic (exact) mass is 494 g/mol. The van der Waals surface area contributed by atoms with Crippen LogP contribution in [0.3, 0.4) is 0 Å². The molecule has 0 radical (unpaired) electrons. The predicted octanol–water partition coefficient (Wildman–Crippen LogP) is 6.49. The molecule has 0 aliphatic rings. The van der Waals surface area contributed by atoms with E-state index in [0.717, 1.165) is 11.1 Å². The number of ether oxygens (including phenoxy) is 4. The van der Waals surface area contributed by atoms with Crippen molar-refractivity contribution in [2.75, 3.05) is 21.3 Å². The summed E-state index contributed by atoms with van der Waals surface area (Å²) in [6.07, 6.45) is 3.18. The van der Waals surface area contributed by atoms with E-state index in [9.17, 15) is 9.59 Å². The molecule has 37 heavy (non-hydrogen) atoms. The Kier molecular flexibility index (Phi) is 8.01. The fourth-order valence-electron chi connectivity index (χ4n) is 3.77. The maximum Gasteiger partial charge on any atom is 0.343 e. The highest BCUT2D eigenvalue weighted by Gasteiger charge is 2.18. The van der Waals surface area contributed by atoms with Crippen molar-refractivity contribution in [3.8, 4) is 34.1 Å². The molecule has 0 aliphatic heterocycles. The van der Waals surface area contributed by atoms with Gasteiger partial charge in [-0.1, -0.05) is 72.8 Å². The number of esters is 1. The van der Waals surface area contributed by atoms with Crippen LogP contribution in [-0.4, -0.2) is 33.1 Å². The maximum absolute atomic E-state index is 12.8. The predicted molar refractivity (Wildman–Crippen MR) is 143 cm³/mol. The Hall–Kier alpha value is -4.84. The molecule has 4 aromatic rings. The minimum absolute atomic E-state index is 0.126. The van der Waals surface area contributed by atoms with E-state index >= 15 is 0 Å². The van der Waals surface area contributed by atoms with Gasteiger partial charge in [-0.05, 0) is 47.0 Å². The number of methoxy groups -OCH3 is 3. The summed E-state index contributed by atoms with van der Waals surface area (Å²) >= 11 is 0. The average Bonchev–Trinajstić information content (AvgIpc) is 2.95. The van der Waals surface area contributed by atoms with Gasteiger partial charge in [-0.2, -0.15) is 0 Å². The number of ketones is 1. The van der Waals surface area contributed by atoms with Gasteiger partial charge in [0, 0.05) is 5.56 Å². The second kappa shape index (κ2) is 11.7. The molecule has 4 rings (SSSR count). The van der Waals surface area contributed by atoms with E-state index in [2.05, 4.69) is 0 Å². The molecule has 4 aromatic carbocycles. The van der Waals surface area contributed by atoms with Crippen molar-refractivity contribution in [1.29, 1.82) is 0 Å². The summed E-state index contributed by atoms with van der Waals surface area (Å²) in [4.78, 5) is 25.5. The van der Waals surface area contributed by atoms with E-state index in [1.807, 2.05) is 60.7 Å². The quantitative estimate of drug-likeness (QED) is 0.115. The Labute approximate surface area is 215 Å². The van der Waals surface area contributed by atoms with Crippen molar-refractivity contribution >= 4 is 17.8 Å². The molecule has 0 bridgehead atoms. The first-order valence-electron chi connectivity index (χ1n) is 11.5. The average molecular weight is 495 g/mol. The van der Waals surface area contributed by atoms with Gasteiger partial charge in [0.1, 0.15) is 5.75 Å². The van der Waals surface area contributed by atoms with Crippen molar-refractivity contribution in [2.24, 2.45) is 0 Å². The van der Waals surface area contributed by atoms with E-state index in [4.69, 9.17) is 18.9 Å². The van der Waals surface area contributed by atoms with E-state index in [-0.39, 0.29) is 11.3 Å². The third-order valence-electron chi connectivity index (χ3n) is 5.67. The molecular formula is C31H26O6. The van der Waals surface area contributed by atoms with Gasteiger partial charge >= 0.3 is 5.97 Å². The van der Waals surface area contributed by atoms with E-state index < -0.39 is 5.97 Å². The van der Waals surface area contributed by atoms with Gasteiger partial charge < -0.3 is 18.9 Å². The largest absolute Gasteiger partial charge is 0.493 e. The Morgan fingerprint density at radius 3 is 1.92 bits per heavy atom. The highest BCUT2D eigenvalue weighted by atomic mass is 16.5. The number of carbonyl (C=O) groups excluding carboxylic acids is 2. The fourth-order valence-corrected chi connectivity index (χ4v) is 3.77. The molecule has 0 heterocycles. The highest BCUT2D eigenvalue weighted by Crippen LogP contribution is 2.38. The summed E-state index contributed by atoms with van der Waals surface area (Å²) in [5.41, 5.74) is 3.67. The first-order chi connectivity index (χ1) is 18.0. The smallest absolute Gasteiger partial charge is 0.343 e. The maximum atomic E-state index is 12.8. The molecule has 0 unspecified atom stereocenters.